The average Bonchev–Trinajstić information content (AvgIpc) is 3.51. The Bertz CT molecular complexity index is 1580. The highest BCUT2D eigenvalue weighted by Crippen LogP contribution is 2.38. The smallest absolute Gasteiger partial charge is 0.407 e. The zero-order valence-electron chi connectivity index (χ0n) is 22.4. The standard InChI is InChI=1S/C27H30N8O5/c1-4-34-21(11-15(2)33-34)25(37)32-26-31-20-12-18(24(28)36)13-22-23(20)35(26)19(14-39-22)7-10-30-27(38)40-16(3)17-5-8-29-9-6-17/h5-6,8-9,11-13,16,19H,4,7,10,14H2,1-3H3,(H2,28,36)(H,30,38)(H,31,32,37)/t16-,19-/m0/s1. The summed E-state index contributed by atoms with van der Waals surface area (Å²) in [5.74, 6) is -0.270. The summed E-state index contributed by atoms with van der Waals surface area (Å²) in [5, 5.41) is 10.0. The maximum Gasteiger partial charge on any atom is 0.407 e. The van der Waals surface area contributed by atoms with Gasteiger partial charge in [-0.2, -0.15) is 5.10 Å². The molecule has 0 fully saturated rings. The molecule has 4 heterocycles. The van der Waals surface area contributed by atoms with Crippen LogP contribution in [0.15, 0.2) is 42.7 Å². The molecule has 1 aliphatic heterocycles. The van der Waals surface area contributed by atoms with Gasteiger partial charge in [-0.05, 0) is 63.1 Å². The summed E-state index contributed by atoms with van der Waals surface area (Å²) in [7, 11) is 0. The van der Waals surface area contributed by atoms with Gasteiger partial charge in [0.25, 0.3) is 5.91 Å². The van der Waals surface area contributed by atoms with E-state index in [4.69, 9.17) is 15.2 Å². The van der Waals surface area contributed by atoms with Crippen molar-refractivity contribution in [1.82, 2.24) is 29.6 Å². The maximum atomic E-state index is 13.3. The number of primary amides is 1. The molecule has 0 radical (unpaired) electrons. The number of aryl methyl sites for hydroxylation is 2. The number of ether oxygens (including phenoxy) is 2. The van der Waals surface area contributed by atoms with Crippen LogP contribution in [0.25, 0.3) is 11.0 Å². The Hall–Kier alpha value is -4.94. The lowest BCUT2D eigenvalue weighted by molar-refractivity contribution is 0.0995. The molecule has 3 aromatic heterocycles. The number of carbonyl (C=O) groups excluding carboxylic acids is 3. The number of benzene rings is 1. The van der Waals surface area contributed by atoms with Gasteiger partial charge in [-0.1, -0.05) is 0 Å². The Morgan fingerprint density at radius 3 is 2.73 bits per heavy atom. The van der Waals surface area contributed by atoms with E-state index in [1.54, 1.807) is 54.3 Å². The largest absolute Gasteiger partial charge is 0.489 e. The van der Waals surface area contributed by atoms with E-state index in [1.165, 1.54) is 0 Å². The Labute approximate surface area is 229 Å². The molecular formula is C27H30N8O5. The third-order valence-corrected chi connectivity index (χ3v) is 6.70. The fourth-order valence-electron chi connectivity index (χ4n) is 4.74. The van der Waals surface area contributed by atoms with Crippen molar-refractivity contribution in [2.75, 3.05) is 18.5 Å². The molecule has 5 rings (SSSR count). The number of nitrogens with one attached hydrogen (secondary N) is 2. The van der Waals surface area contributed by atoms with E-state index in [1.807, 2.05) is 18.4 Å². The fraction of sp³-hybridized carbons (Fsp3) is 0.333. The highest BCUT2D eigenvalue weighted by atomic mass is 16.6. The topological polar surface area (TPSA) is 168 Å². The van der Waals surface area contributed by atoms with Gasteiger partial charge in [0, 0.05) is 31.0 Å². The predicted octanol–water partition coefficient (Wildman–Crippen LogP) is 3.12. The molecule has 0 unspecified atom stereocenters. The number of nitrogens with two attached hydrogens (primary N) is 1. The third kappa shape index (κ3) is 5.30. The van der Waals surface area contributed by atoms with Crippen molar-refractivity contribution in [3.8, 4) is 5.75 Å². The van der Waals surface area contributed by atoms with Crippen molar-refractivity contribution < 1.29 is 23.9 Å². The summed E-state index contributed by atoms with van der Waals surface area (Å²) in [4.78, 5) is 46.2. The second kappa shape index (κ2) is 11.0. The van der Waals surface area contributed by atoms with E-state index < -0.39 is 18.1 Å². The number of aromatic nitrogens is 5. The third-order valence-electron chi connectivity index (χ3n) is 6.70. The SMILES string of the molecule is CCn1nc(C)cc1C(=O)Nc1nc2cc(C(N)=O)cc3c2n1[C@@H](CCNC(=O)O[C@@H](C)c1ccncc1)CO3. The Kier molecular flexibility index (Phi) is 7.36. The Morgan fingerprint density at radius 2 is 2.00 bits per heavy atom. The van der Waals surface area contributed by atoms with Gasteiger partial charge in [-0.25, -0.2) is 9.78 Å². The van der Waals surface area contributed by atoms with E-state index in [-0.39, 0.29) is 36.6 Å². The average molecular weight is 547 g/mol. The van der Waals surface area contributed by atoms with Crippen LogP contribution < -0.4 is 21.1 Å². The number of hydrogen-bond donors (Lipinski definition) is 3. The normalized spacial score (nSPS) is 14.8. The van der Waals surface area contributed by atoms with Gasteiger partial charge in [0.2, 0.25) is 11.9 Å². The number of imidazole rings is 1. The van der Waals surface area contributed by atoms with E-state index in [9.17, 15) is 14.4 Å². The molecule has 0 saturated carbocycles. The van der Waals surface area contributed by atoms with Crippen LogP contribution in [0.3, 0.4) is 0 Å². The number of anilines is 1. The van der Waals surface area contributed by atoms with Gasteiger partial charge in [-0.3, -0.25) is 24.6 Å². The monoisotopic (exact) mass is 546 g/mol. The van der Waals surface area contributed by atoms with Crippen molar-refractivity contribution >= 4 is 34.9 Å². The molecule has 0 saturated heterocycles. The van der Waals surface area contributed by atoms with Crippen LogP contribution in [0.1, 0.15) is 64.5 Å². The van der Waals surface area contributed by atoms with Crippen molar-refractivity contribution in [3.63, 3.8) is 0 Å². The predicted molar refractivity (Wildman–Crippen MR) is 145 cm³/mol. The van der Waals surface area contributed by atoms with Gasteiger partial charge in [0.05, 0.1) is 17.3 Å². The zero-order chi connectivity index (χ0) is 28.4. The second-order valence-electron chi connectivity index (χ2n) is 9.46. The quantitative estimate of drug-likeness (QED) is 0.288. The molecular weight excluding hydrogens is 516 g/mol. The number of pyridine rings is 1. The Morgan fingerprint density at radius 1 is 1.23 bits per heavy atom. The summed E-state index contributed by atoms with van der Waals surface area (Å²) >= 11 is 0. The van der Waals surface area contributed by atoms with Crippen molar-refractivity contribution in [3.05, 3.63) is 65.2 Å². The number of hydrogen-bond acceptors (Lipinski definition) is 8. The van der Waals surface area contributed by atoms with Crippen molar-refractivity contribution in [2.45, 2.75) is 45.9 Å². The van der Waals surface area contributed by atoms with Gasteiger partial charge in [-0.15, -0.1) is 0 Å². The van der Waals surface area contributed by atoms with Gasteiger partial charge < -0.3 is 25.1 Å². The van der Waals surface area contributed by atoms with Gasteiger partial charge in [0.1, 0.15) is 29.7 Å². The van der Waals surface area contributed by atoms with Gasteiger partial charge >= 0.3 is 6.09 Å². The van der Waals surface area contributed by atoms with Crippen LogP contribution >= 0.6 is 0 Å². The summed E-state index contributed by atoms with van der Waals surface area (Å²) in [6, 6.07) is 8.12. The minimum atomic E-state index is -0.616. The molecule has 1 aromatic carbocycles. The molecule has 13 nitrogen and oxygen atoms in total. The number of carbonyl (C=O) groups is 3. The van der Waals surface area contributed by atoms with Crippen LogP contribution in [0.5, 0.6) is 5.75 Å². The van der Waals surface area contributed by atoms with Crippen molar-refractivity contribution in [2.24, 2.45) is 5.73 Å². The molecule has 40 heavy (non-hydrogen) atoms. The first-order chi connectivity index (χ1) is 19.2. The molecule has 4 N–H and O–H groups in total. The lowest BCUT2D eigenvalue weighted by Crippen LogP contribution is -2.31. The molecule has 0 spiro atoms. The molecule has 0 bridgehead atoms. The molecule has 0 aliphatic carbocycles. The number of nitrogens with zero attached hydrogens (tertiary/aromatic N) is 5. The van der Waals surface area contributed by atoms with Crippen LogP contribution in [0, 0.1) is 6.92 Å². The first-order valence-corrected chi connectivity index (χ1v) is 12.9. The molecule has 1 aliphatic rings. The first-order valence-electron chi connectivity index (χ1n) is 12.9. The summed E-state index contributed by atoms with van der Waals surface area (Å²) in [5.41, 5.74) is 8.77. The van der Waals surface area contributed by atoms with Crippen LogP contribution in [0.4, 0.5) is 10.7 Å². The highest BCUT2D eigenvalue weighted by Gasteiger charge is 2.29. The second-order valence-corrected chi connectivity index (χ2v) is 9.46. The van der Waals surface area contributed by atoms with E-state index in [2.05, 4.69) is 25.7 Å². The minimum absolute atomic E-state index is 0.222. The summed E-state index contributed by atoms with van der Waals surface area (Å²) < 4.78 is 14.9. The fourth-order valence-corrected chi connectivity index (χ4v) is 4.74. The molecule has 208 valence electrons. The highest BCUT2D eigenvalue weighted by molar-refractivity contribution is 6.04. The lowest BCUT2D eigenvalue weighted by Gasteiger charge is -2.27. The lowest BCUT2D eigenvalue weighted by atomic mass is 10.1. The molecule has 3 amide bonds. The number of rotatable bonds is 9. The number of alkyl carbamates (subject to hydrolysis) is 1. The van der Waals surface area contributed by atoms with Crippen LogP contribution in [-0.4, -0.2) is 55.4 Å². The summed E-state index contributed by atoms with van der Waals surface area (Å²) in [6.07, 6.45) is 2.73. The van der Waals surface area contributed by atoms with E-state index >= 15 is 0 Å². The molecule has 4 aromatic rings. The molecule has 2 atom stereocenters. The summed E-state index contributed by atoms with van der Waals surface area (Å²) in [6.45, 7) is 6.52. The van der Waals surface area contributed by atoms with Crippen LogP contribution in [0.2, 0.25) is 0 Å². The van der Waals surface area contributed by atoms with E-state index in [0.29, 0.717) is 35.4 Å². The first kappa shape index (κ1) is 26.7. The van der Waals surface area contributed by atoms with Crippen LogP contribution in [-0.2, 0) is 11.3 Å². The minimum Gasteiger partial charge on any atom is -0.489 e. The zero-order valence-corrected chi connectivity index (χ0v) is 22.4. The van der Waals surface area contributed by atoms with Crippen molar-refractivity contribution in [1.29, 1.82) is 0 Å². The van der Waals surface area contributed by atoms with Gasteiger partial charge in [0.15, 0.2) is 0 Å². The van der Waals surface area contributed by atoms with E-state index in [0.717, 1.165) is 11.3 Å². The number of amides is 3. The maximum absolute atomic E-state index is 13.3. The molecule has 13 heteroatoms. The Balaban J connectivity index is 1.37.